The van der Waals surface area contributed by atoms with Crippen LogP contribution in [0.15, 0.2) is 54.9 Å². The first kappa shape index (κ1) is 13.9. The van der Waals surface area contributed by atoms with E-state index in [-0.39, 0.29) is 18.4 Å². The maximum absolute atomic E-state index is 12.8. The van der Waals surface area contributed by atoms with Gasteiger partial charge < -0.3 is 0 Å². The van der Waals surface area contributed by atoms with Gasteiger partial charge in [0.2, 0.25) is 0 Å². The van der Waals surface area contributed by atoms with Crippen molar-refractivity contribution in [3.8, 4) is 0 Å². The molecule has 1 aliphatic heterocycles. The third-order valence-electron chi connectivity index (χ3n) is 4.03. The minimum Gasteiger partial charge on any atom is -0.270 e. The van der Waals surface area contributed by atoms with Crippen LogP contribution in [0.25, 0.3) is 10.8 Å². The van der Waals surface area contributed by atoms with Gasteiger partial charge in [0.05, 0.1) is 6.54 Å². The van der Waals surface area contributed by atoms with Gasteiger partial charge in [-0.15, -0.1) is 0 Å². The van der Waals surface area contributed by atoms with E-state index in [1.165, 1.54) is 4.90 Å². The van der Waals surface area contributed by atoms with Crippen LogP contribution in [-0.2, 0) is 6.54 Å². The monoisotopic (exact) mass is 322 g/mol. The molecule has 4 nitrogen and oxygen atoms in total. The summed E-state index contributed by atoms with van der Waals surface area (Å²) in [5, 5.41) is 1.90. The number of aromatic nitrogens is 1. The summed E-state index contributed by atoms with van der Waals surface area (Å²) in [5.41, 5.74) is 1.87. The van der Waals surface area contributed by atoms with Gasteiger partial charge in [0, 0.05) is 39.3 Å². The lowest BCUT2D eigenvalue weighted by atomic mass is 9.94. The highest BCUT2D eigenvalue weighted by Gasteiger charge is 2.33. The molecule has 5 heteroatoms. The maximum atomic E-state index is 12.8. The van der Waals surface area contributed by atoms with Crippen molar-refractivity contribution in [1.82, 2.24) is 9.88 Å². The highest BCUT2D eigenvalue weighted by molar-refractivity contribution is 6.38. The molecule has 23 heavy (non-hydrogen) atoms. The molecule has 0 saturated heterocycles. The van der Waals surface area contributed by atoms with E-state index in [2.05, 4.69) is 4.98 Å². The first-order chi connectivity index (χ1) is 11.2. The van der Waals surface area contributed by atoms with Gasteiger partial charge in [-0.2, -0.15) is 0 Å². The van der Waals surface area contributed by atoms with Gasteiger partial charge in [0.15, 0.2) is 0 Å². The van der Waals surface area contributed by atoms with Crippen molar-refractivity contribution in [2.45, 2.75) is 6.54 Å². The van der Waals surface area contributed by atoms with Crippen molar-refractivity contribution in [2.24, 2.45) is 0 Å². The van der Waals surface area contributed by atoms with Crippen molar-refractivity contribution >= 4 is 34.2 Å². The lowest BCUT2D eigenvalue weighted by molar-refractivity contribution is 0.0598. The number of hydrogen-bond donors (Lipinski definition) is 0. The second-order valence-corrected chi connectivity index (χ2v) is 5.78. The summed E-state index contributed by atoms with van der Waals surface area (Å²) < 4.78 is 0. The number of imide groups is 1. The Kier molecular flexibility index (Phi) is 3.13. The smallest absolute Gasteiger partial charge is 0.261 e. The van der Waals surface area contributed by atoms with E-state index in [1.807, 2.05) is 6.07 Å². The van der Waals surface area contributed by atoms with Crippen LogP contribution in [-0.4, -0.2) is 21.7 Å². The largest absolute Gasteiger partial charge is 0.270 e. The molecule has 0 saturated carbocycles. The molecule has 0 bridgehead atoms. The van der Waals surface area contributed by atoms with Crippen LogP contribution in [0.1, 0.15) is 26.3 Å². The van der Waals surface area contributed by atoms with E-state index in [9.17, 15) is 9.59 Å². The van der Waals surface area contributed by atoms with E-state index in [1.54, 1.807) is 48.8 Å². The molecule has 0 unspecified atom stereocenters. The molecule has 0 spiro atoms. The Morgan fingerprint density at radius 3 is 2.35 bits per heavy atom. The number of carbonyl (C=O) groups is 2. The van der Waals surface area contributed by atoms with Gasteiger partial charge in [-0.05, 0) is 35.9 Å². The van der Waals surface area contributed by atoms with Crippen molar-refractivity contribution in [2.75, 3.05) is 0 Å². The number of hydrogen-bond acceptors (Lipinski definition) is 3. The number of benzene rings is 2. The molecule has 2 amide bonds. The average molecular weight is 323 g/mol. The second-order valence-electron chi connectivity index (χ2n) is 5.37. The fourth-order valence-electron chi connectivity index (χ4n) is 2.92. The molecule has 1 aliphatic rings. The van der Waals surface area contributed by atoms with Crippen LogP contribution in [0.2, 0.25) is 5.02 Å². The molecule has 2 heterocycles. The van der Waals surface area contributed by atoms with Gasteiger partial charge in [0.1, 0.15) is 0 Å². The average Bonchev–Trinajstić information content (AvgIpc) is 2.59. The first-order valence-corrected chi connectivity index (χ1v) is 7.51. The van der Waals surface area contributed by atoms with Gasteiger partial charge in [-0.1, -0.05) is 23.7 Å². The maximum Gasteiger partial charge on any atom is 0.261 e. The second kappa shape index (κ2) is 5.18. The van der Waals surface area contributed by atoms with E-state index >= 15 is 0 Å². The van der Waals surface area contributed by atoms with Crippen LogP contribution >= 0.6 is 11.6 Å². The molecular formula is C18H11ClN2O2. The number of amides is 2. The van der Waals surface area contributed by atoms with E-state index in [4.69, 9.17) is 11.6 Å². The number of pyridine rings is 1. The van der Waals surface area contributed by atoms with Crippen molar-refractivity contribution in [3.05, 3.63) is 76.6 Å². The molecule has 112 valence electrons. The van der Waals surface area contributed by atoms with E-state index in [0.717, 1.165) is 10.9 Å². The summed E-state index contributed by atoms with van der Waals surface area (Å²) in [6.07, 6.45) is 3.28. The summed E-state index contributed by atoms with van der Waals surface area (Å²) in [5.74, 6) is -0.598. The third kappa shape index (κ3) is 2.11. The van der Waals surface area contributed by atoms with Crippen molar-refractivity contribution in [1.29, 1.82) is 0 Å². The molecule has 0 N–H and O–H groups in total. The van der Waals surface area contributed by atoms with Gasteiger partial charge >= 0.3 is 0 Å². The zero-order valence-corrected chi connectivity index (χ0v) is 12.7. The number of nitrogens with zero attached hydrogens (tertiary/aromatic N) is 2. The minimum absolute atomic E-state index is 0.221. The Labute approximate surface area is 137 Å². The third-order valence-corrected chi connectivity index (χ3v) is 4.36. The normalized spacial score (nSPS) is 13.7. The highest BCUT2D eigenvalue weighted by atomic mass is 35.5. The SMILES string of the molecule is O=C1c2cccc3c(Cl)ccc(c23)C(=O)N1Cc1ccncc1. The molecule has 0 fully saturated rings. The van der Waals surface area contributed by atoms with Crippen LogP contribution in [0.5, 0.6) is 0 Å². The Balaban J connectivity index is 1.87. The zero-order chi connectivity index (χ0) is 16.0. The quantitative estimate of drug-likeness (QED) is 0.676. The van der Waals surface area contributed by atoms with Crippen LogP contribution in [0.3, 0.4) is 0 Å². The number of halogens is 1. The Morgan fingerprint density at radius 1 is 0.913 bits per heavy atom. The Bertz CT molecular complexity index is 932. The molecule has 0 aliphatic carbocycles. The van der Waals surface area contributed by atoms with E-state index < -0.39 is 0 Å². The topological polar surface area (TPSA) is 50.3 Å². The van der Waals surface area contributed by atoms with Crippen molar-refractivity contribution < 1.29 is 9.59 Å². The molecule has 0 radical (unpaired) electrons. The summed E-state index contributed by atoms with van der Waals surface area (Å²) in [4.78, 5) is 30.8. The molecule has 2 aromatic carbocycles. The fourth-order valence-corrected chi connectivity index (χ4v) is 3.15. The predicted octanol–water partition coefficient (Wildman–Crippen LogP) is 3.68. The lowest BCUT2D eigenvalue weighted by Crippen LogP contribution is -2.39. The Morgan fingerprint density at radius 2 is 1.61 bits per heavy atom. The van der Waals surface area contributed by atoms with Gasteiger partial charge in [-0.25, -0.2) is 0 Å². The molecule has 1 aromatic heterocycles. The molecule has 4 rings (SSSR count). The van der Waals surface area contributed by atoms with Crippen LogP contribution in [0, 0.1) is 0 Å². The summed E-state index contributed by atoms with van der Waals surface area (Å²) in [7, 11) is 0. The van der Waals surface area contributed by atoms with Crippen LogP contribution in [0.4, 0.5) is 0 Å². The number of rotatable bonds is 2. The molecule has 3 aromatic rings. The molecule has 0 atom stereocenters. The zero-order valence-electron chi connectivity index (χ0n) is 12.0. The predicted molar refractivity (Wildman–Crippen MR) is 87.4 cm³/mol. The fraction of sp³-hybridized carbons (Fsp3) is 0.0556. The minimum atomic E-state index is -0.299. The highest BCUT2D eigenvalue weighted by Crippen LogP contribution is 2.34. The number of carbonyl (C=O) groups excluding carboxylic acids is 2. The van der Waals surface area contributed by atoms with Crippen molar-refractivity contribution in [3.63, 3.8) is 0 Å². The summed E-state index contributed by atoms with van der Waals surface area (Å²) in [6, 6.07) is 12.3. The lowest BCUT2D eigenvalue weighted by Gasteiger charge is -2.27. The summed E-state index contributed by atoms with van der Waals surface area (Å²) >= 11 is 6.20. The van der Waals surface area contributed by atoms with Gasteiger partial charge in [-0.3, -0.25) is 19.5 Å². The standard InChI is InChI=1S/C18H11ClN2O2/c19-15-5-4-14-16-12(15)2-1-3-13(16)17(22)21(18(14)23)10-11-6-8-20-9-7-11/h1-9H,10H2. The first-order valence-electron chi connectivity index (χ1n) is 7.13. The Hall–Kier alpha value is -2.72. The summed E-state index contributed by atoms with van der Waals surface area (Å²) in [6.45, 7) is 0.221. The van der Waals surface area contributed by atoms with E-state index in [0.29, 0.717) is 21.5 Å². The van der Waals surface area contributed by atoms with Gasteiger partial charge in [0.25, 0.3) is 11.8 Å². The van der Waals surface area contributed by atoms with Crippen LogP contribution < -0.4 is 0 Å². The molecular weight excluding hydrogens is 312 g/mol.